The predicted molar refractivity (Wildman–Crippen MR) is 66.7 cm³/mol. The highest BCUT2D eigenvalue weighted by atomic mass is 32.2. The molecule has 4 nitrogen and oxygen atoms in total. The average molecular weight is 234 g/mol. The van der Waals surface area contributed by atoms with Crippen LogP contribution in [0, 0.1) is 0 Å². The van der Waals surface area contributed by atoms with Gasteiger partial charge in [0.2, 0.25) is 0 Å². The van der Waals surface area contributed by atoms with Crippen LogP contribution in [0.25, 0.3) is 5.65 Å². The minimum Gasteiger partial charge on any atom is -0.398 e. The third kappa shape index (κ3) is 1.65. The highest BCUT2D eigenvalue weighted by Gasteiger charge is 2.20. The van der Waals surface area contributed by atoms with E-state index in [9.17, 15) is 0 Å². The van der Waals surface area contributed by atoms with Gasteiger partial charge in [-0.05, 0) is 30.7 Å². The Kier molecular flexibility index (Phi) is 2.47. The minimum atomic E-state index is 0.524. The molecule has 16 heavy (non-hydrogen) atoms. The van der Waals surface area contributed by atoms with Crippen LogP contribution in [0.3, 0.4) is 0 Å². The van der Waals surface area contributed by atoms with Gasteiger partial charge in [0.25, 0.3) is 0 Å². The first kappa shape index (κ1) is 9.96. The van der Waals surface area contributed by atoms with Gasteiger partial charge >= 0.3 is 0 Å². The van der Waals surface area contributed by atoms with Crippen molar-refractivity contribution in [3.05, 3.63) is 24.2 Å². The highest BCUT2D eigenvalue weighted by Crippen LogP contribution is 2.30. The number of rotatable bonds is 1. The van der Waals surface area contributed by atoms with Gasteiger partial charge in [-0.25, -0.2) is 0 Å². The number of pyridine rings is 1. The Bertz CT molecular complexity index is 502. The lowest BCUT2D eigenvalue weighted by Crippen LogP contribution is -2.12. The first-order chi connectivity index (χ1) is 7.84. The summed E-state index contributed by atoms with van der Waals surface area (Å²) < 4.78 is 2.03. The van der Waals surface area contributed by atoms with Crippen LogP contribution in [-0.4, -0.2) is 26.1 Å². The first-order valence-electron chi connectivity index (χ1n) is 5.52. The molecule has 0 bridgehead atoms. The number of hydrogen-bond acceptors (Lipinski definition) is 4. The second-order valence-electron chi connectivity index (χ2n) is 4.16. The van der Waals surface area contributed by atoms with Crippen molar-refractivity contribution in [3.63, 3.8) is 0 Å². The van der Waals surface area contributed by atoms with E-state index in [1.807, 2.05) is 34.5 Å². The van der Waals surface area contributed by atoms with E-state index in [4.69, 9.17) is 5.73 Å². The Labute approximate surface area is 98.2 Å². The zero-order valence-corrected chi connectivity index (χ0v) is 9.78. The van der Waals surface area contributed by atoms with Crippen LogP contribution in [0.5, 0.6) is 0 Å². The maximum absolute atomic E-state index is 5.80. The van der Waals surface area contributed by atoms with Gasteiger partial charge in [0.15, 0.2) is 5.65 Å². The lowest BCUT2D eigenvalue weighted by atomic mass is 10.1. The van der Waals surface area contributed by atoms with Gasteiger partial charge in [0, 0.05) is 23.6 Å². The number of nitrogens with two attached hydrogens (primary N) is 1. The summed E-state index contributed by atoms with van der Waals surface area (Å²) >= 11 is 2.00. The number of nitrogen functional groups attached to an aromatic ring is 1. The summed E-state index contributed by atoms with van der Waals surface area (Å²) in [6, 6.07) is 3.78. The molecule has 3 heterocycles. The average Bonchev–Trinajstić information content (AvgIpc) is 2.73. The Morgan fingerprint density at radius 1 is 1.38 bits per heavy atom. The van der Waals surface area contributed by atoms with Gasteiger partial charge < -0.3 is 5.73 Å². The molecule has 1 aliphatic heterocycles. The van der Waals surface area contributed by atoms with Gasteiger partial charge in [-0.2, -0.15) is 11.8 Å². The molecule has 84 valence electrons. The molecule has 2 aromatic heterocycles. The number of aromatic nitrogens is 3. The summed E-state index contributed by atoms with van der Waals surface area (Å²) in [7, 11) is 0. The molecule has 2 aromatic rings. The van der Waals surface area contributed by atoms with Crippen LogP contribution in [0.4, 0.5) is 5.69 Å². The SMILES string of the molecule is Nc1ccc2nnc(C3CCCSC3)n2c1. The molecule has 0 aliphatic carbocycles. The normalized spacial score (nSPS) is 21.4. The van der Waals surface area contributed by atoms with E-state index in [0.717, 1.165) is 22.9 Å². The van der Waals surface area contributed by atoms with Gasteiger partial charge in [-0.3, -0.25) is 4.40 Å². The summed E-state index contributed by atoms with van der Waals surface area (Å²) in [5, 5.41) is 8.49. The zero-order chi connectivity index (χ0) is 11.0. The summed E-state index contributed by atoms with van der Waals surface area (Å²) in [6.45, 7) is 0. The molecular weight excluding hydrogens is 220 g/mol. The van der Waals surface area contributed by atoms with Gasteiger partial charge in [0.05, 0.1) is 0 Å². The molecule has 1 fully saturated rings. The standard InChI is InChI=1S/C11H14N4S/c12-9-3-4-10-13-14-11(15(10)6-9)8-2-1-5-16-7-8/h3-4,6,8H,1-2,5,7,12H2. The summed E-state index contributed by atoms with van der Waals surface area (Å²) in [6.07, 6.45) is 4.40. The second-order valence-corrected chi connectivity index (χ2v) is 5.31. The van der Waals surface area contributed by atoms with Crippen LogP contribution < -0.4 is 5.73 Å². The van der Waals surface area contributed by atoms with Gasteiger partial charge in [-0.15, -0.1) is 10.2 Å². The van der Waals surface area contributed by atoms with E-state index >= 15 is 0 Å². The van der Waals surface area contributed by atoms with Gasteiger partial charge in [0.1, 0.15) is 5.82 Å². The molecule has 1 saturated heterocycles. The van der Waals surface area contributed by atoms with Crippen LogP contribution in [0.15, 0.2) is 18.3 Å². The molecule has 1 atom stereocenters. The number of nitrogens with zero attached hydrogens (tertiary/aromatic N) is 3. The van der Waals surface area contributed by atoms with Crippen molar-refractivity contribution in [3.8, 4) is 0 Å². The Hall–Kier alpha value is -1.23. The zero-order valence-electron chi connectivity index (χ0n) is 8.97. The van der Waals surface area contributed by atoms with Crippen LogP contribution in [0.2, 0.25) is 0 Å². The molecular formula is C11H14N4S. The lowest BCUT2D eigenvalue weighted by molar-refractivity contribution is 0.617. The fraction of sp³-hybridized carbons (Fsp3) is 0.455. The number of hydrogen-bond donors (Lipinski definition) is 1. The Morgan fingerprint density at radius 3 is 3.12 bits per heavy atom. The molecule has 1 aliphatic rings. The van der Waals surface area contributed by atoms with Gasteiger partial charge in [-0.1, -0.05) is 0 Å². The van der Waals surface area contributed by atoms with Crippen LogP contribution in [-0.2, 0) is 0 Å². The fourth-order valence-electron chi connectivity index (χ4n) is 2.15. The van der Waals surface area contributed by atoms with E-state index in [0.29, 0.717) is 5.92 Å². The van der Waals surface area contributed by atoms with Crippen molar-refractivity contribution in [2.24, 2.45) is 0 Å². The summed E-state index contributed by atoms with van der Waals surface area (Å²) in [5.41, 5.74) is 7.45. The van der Waals surface area contributed by atoms with Crippen molar-refractivity contribution in [2.45, 2.75) is 18.8 Å². The highest BCUT2D eigenvalue weighted by molar-refractivity contribution is 7.99. The third-order valence-electron chi connectivity index (χ3n) is 2.98. The van der Waals surface area contributed by atoms with E-state index in [2.05, 4.69) is 10.2 Å². The lowest BCUT2D eigenvalue weighted by Gasteiger charge is -2.19. The van der Waals surface area contributed by atoms with Crippen LogP contribution in [0.1, 0.15) is 24.6 Å². The quantitative estimate of drug-likeness (QED) is 0.819. The van der Waals surface area contributed by atoms with Crippen molar-refractivity contribution in [1.82, 2.24) is 14.6 Å². The number of thioether (sulfide) groups is 1. The monoisotopic (exact) mass is 234 g/mol. The summed E-state index contributed by atoms with van der Waals surface area (Å²) in [5.74, 6) is 4.01. The largest absolute Gasteiger partial charge is 0.398 e. The first-order valence-corrected chi connectivity index (χ1v) is 6.68. The smallest absolute Gasteiger partial charge is 0.160 e. The third-order valence-corrected chi connectivity index (χ3v) is 4.19. The second kappa shape index (κ2) is 3.97. The summed E-state index contributed by atoms with van der Waals surface area (Å²) in [4.78, 5) is 0. The Balaban J connectivity index is 2.05. The van der Waals surface area contributed by atoms with E-state index in [1.165, 1.54) is 18.6 Å². The van der Waals surface area contributed by atoms with E-state index in [-0.39, 0.29) is 0 Å². The van der Waals surface area contributed by atoms with E-state index < -0.39 is 0 Å². The van der Waals surface area contributed by atoms with Crippen molar-refractivity contribution >= 4 is 23.1 Å². The minimum absolute atomic E-state index is 0.524. The van der Waals surface area contributed by atoms with Crippen LogP contribution >= 0.6 is 11.8 Å². The predicted octanol–water partition coefficient (Wildman–Crippen LogP) is 1.92. The van der Waals surface area contributed by atoms with E-state index in [1.54, 1.807) is 0 Å². The molecule has 1 unspecified atom stereocenters. The molecule has 0 amide bonds. The maximum atomic E-state index is 5.80. The molecule has 0 radical (unpaired) electrons. The molecule has 0 saturated carbocycles. The van der Waals surface area contributed by atoms with Crippen molar-refractivity contribution in [2.75, 3.05) is 17.2 Å². The number of anilines is 1. The fourth-order valence-corrected chi connectivity index (χ4v) is 3.29. The molecule has 2 N–H and O–H groups in total. The Morgan fingerprint density at radius 2 is 2.31 bits per heavy atom. The molecule has 3 rings (SSSR count). The van der Waals surface area contributed by atoms with Crippen molar-refractivity contribution in [1.29, 1.82) is 0 Å². The molecule has 0 spiro atoms. The molecule has 0 aromatic carbocycles. The maximum Gasteiger partial charge on any atom is 0.160 e. The molecule has 5 heteroatoms. The number of fused-ring (bicyclic) bond motifs is 1. The topological polar surface area (TPSA) is 56.2 Å². The van der Waals surface area contributed by atoms with Crippen molar-refractivity contribution < 1.29 is 0 Å².